The highest BCUT2D eigenvalue weighted by molar-refractivity contribution is 5.91. The van der Waals surface area contributed by atoms with Crippen LogP contribution in [0.2, 0.25) is 0 Å². The highest BCUT2D eigenvalue weighted by Gasteiger charge is 2.60. The van der Waals surface area contributed by atoms with E-state index in [1.165, 1.54) is 0 Å². The molecule has 0 aromatic rings. The van der Waals surface area contributed by atoms with Gasteiger partial charge in [-0.2, -0.15) is 0 Å². The van der Waals surface area contributed by atoms with Crippen molar-refractivity contribution in [3.05, 3.63) is 11.6 Å². The Labute approximate surface area is 263 Å². The maximum absolute atomic E-state index is 13.6. The molecule has 12 atom stereocenters. The number of rotatable bonds is 5. The molecule has 2 fully saturated rings. The van der Waals surface area contributed by atoms with E-state index in [2.05, 4.69) is 13.8 Å². The second-order valence-corrected chi connectivity index (χ2v) is 14.0. The van der Waals surface area contributed by atoms with E-state index in [0.29, 0.717) is 37.9 Å². The average molecular weight is 622 g/mol. The van der Waals surface area contributed by atoms with Gasteiger partial charge in [0.25, 0.3) is 0 Å². The average Bonchev–Trinajstić information content (AvgIpc) is 3.08. The van der Waals surface area contributed by atoms with Gasteiger partial charge in [0, 0.05) is 42.8 Å². The van der Waals surface area contributed by atoms with Crippen LogP contribution >= 0.6 is 0 Å². The van der Waals surface area contributed by atoms with Gasteiger partial charge in [-0.3, -0.25) is 9.89 Å². The molecule has 0 radical (unpaired) electrons. The SMILES string of the molecule is CC[C@H]1OC(=O)/C(C)=C/[C@H](C)[C@@H](O[C@@H]2O[C@H](C)C[C@H](N(C)C)[C@H]2O)[C@](C)(OC)C[C@@H](C)C2=NCCN3C(=O)O[C@@]1(C)[C@H]3[C@@H]2C. The lowest BCUT2D eigenvalue weighted by atomic mass is 9.74. The number of amides is 1. The van der Waals surface area contributed by atoms with Crippen molar-refractivity contribution in [1.29, 1.82) is 0 Å². The molecule has 0 unspecified atom stereocenters. The number of likely N-dealkylation sites (N-methyl/N-ethyl adjacent to an activating group) is 1. The second-order valence-electron chi connectivity index (χ2n) is 14.0. The number of hydrogen-bond donors (Lipinski definition) is 1. The molecule has 0 aromatic heterocycles. The first-order valence-corrected chi connectivity index (χ1v) is 16.2. The molecule has 4 aliphatic heterocycles. The lowest BCUT2D eigenvalue weighted by molar-refractivity contribution is -0.294. The predicted molar refractivity (Wildman–Crippen MR) is 166 cm³/mol. The molecule has 11 heteroatoms. The summed E-state index contributed by atoms with van der Waals surface area (Å²) >= 11 is 0. The first kappa shape index (κ1) is 34.8. The number of fused-ring (bicyclic) bond motifs is 1. The summed E-state index contributed by atoms with van der Waals surface area (Å²) in [5.41, 5.74) is -0.533. The van der Waals surface area contributed by atoms with Crippen molar-refractivity contribution in [1.82, 2.24) is 9.80 Å². The molecule has 2 saturated heterocycles. The number of methoxy groups -OCH3 is 1. The fourth-order valence-corrected chi connectivity index (χ4v) is 8.21. The van der Waals surface area contributed by atoms with Crippen molar-refractivity contribution in [2.45, 2.75) is 129 Å². The van der Waals surface area contributed by atoms with E-state index >= 15 is 0 Å². The van der Waals surface area contributed by atoms with E-state index in [0.717, 1.165) is 5.71 Å². The van der Waals surface area contributed by atoms with E-state index in [-0.39, 0.29) is 35.9 Å². The summed E-state index contributed by atoms with van der Waals surface area (Å²) in [6, 6.07) is -0.503. The van der Waals surface area contributed by atoms with Gasteiger partial charge < -0.3 is 33.7 Å². The number of carbonyl (C=O) groups is 2. The Kier molecular flexibility index (Phi) is 10.6. The zero-order valence-corrected chi connectivity index (χ0v) is 28.5. The van der Waals surface area contributed by atoms with Gasteiger partial charge in [0.05, 0.1) is 30.4 Å². The minimum atomic E-state index is -1.05. The van der Waals surface area contributed by atoms with Crippen LogP contribution in [0.15, 0.2) is 16.6 Å². The zero-order valence-electron chi connectivity index (χ0n) is 28.5. The van der Waals surface area contributed by atoms with Gasteiger partial charge in [0.1, 0.15) is 12.2 Å². The lowest BCUT2D eigenvalue weighted by Gasteiger charge is -2.47. The Morgan fingerprint density at radius 3 is 2.48 bits per heavy atom. The predicted octanol–water partition coefficient (Wildman–Crippen LogP) is 3.82. The van der Waals surface area contributed by atoms with Crippen LogP contribution in [-0.2, 0) is 28.5 Å². The maximum atomic E-state index is 13.6. The molecule has 11 nitrogen and oxygen atoms in total. The Balaban J connectivity index is 1.80. The first-order chi connectivity index (χ1) is 20.6. The Morgan fingerprint density at radius 2 is 1.86 bits per heavy atom. The van der Waals surface area contributed by atoms with E-state index in [1.54, 1.807) is 18.9 Å². The van der Waals surface area contributed by atoms with Crippen molar-refractivity contribution >= 4 is 17.8 Å². The quantitative estimate of drug-likeness (QED) is 0.457. The first-order valence-electron chi connectivity index (χ1n) is 16.2. The number of nitrogens with zero attached hydrogens (tertiary/aromatic N) is 3. The van der Waals surface area contributed by atoms with E-state index in [1.807, 2.05) is 59.7 Å². The molecule has 250 valence electrons. The van der Waals surface area contributed by atoms with Crippen LogP contribution in [0, 0.1) is 17.8 Å². The van der Waals surface area contributed by atoms with Crippen LogP contribution in [0.4, 0.5) is 4.79 Å². The number of cyclic esters (lactones) is 1. The topological polar surface area (TPSA) is 119 Å². The van der Waals surface area contributed by atoms with Crippen LogP contribution < -0.4 is 0 Å². The molecular weight excluding hydrogens is 566 g/mol. The molecule has 4 aliphatic rings. The van der Waals surface area contributed by atoms with Crippen molar-refractivity contribution < 1.29 is 38.4 Å². The van der Waals surface area contributed by atoms with Gasteiger partial charge in [-0.1, -0.05) is 33.8 Å². The number of ether oxygens (including phenoxy) is 5. The van der Waals surface area contributed by atoms with Gasteiger partial charge in [-0.25, -0.2) is 9.59 Å². The van der Waals surface area contributed by atoms with Crippen LogP contribution in [-0.4, -0.2) is 121 Å². The standard InChI is InChI=1S/C33H55N3O8/c1-12-24-33(8)27-22(6)25(34-13-14-36(27)31(39)44-33)20(4)17-32(7,40-11)28(18(2)15-19(3)29(38)42-24)43-30-26(37)23(35(9)10)16-21(5)41-30/h15,18,20-24,26-28,30,37H,12-14,16-17H2,1-11H3/b19-15+/t18-,20+,21+,22+,23-,24+,26+,27+,28+,30-,32+,33+/m0/s1. The van der Waals surface area contributed by atoms with E-state index in [9.17, 15) is 14.7 Å². The summed E-state index contributed by atoms with van der Waals surface area (Å²) in [5, 5.41) is 11.4. The summed E-state index contributed by atoms with van der Waals surface area (Å²) < 4.78 is 31.4. The van der Waals surface area contributed by atoms with Crippen LogP contribution in [0.5, 0.6) is 0 Å². The van der Waals surface area contributed by atoms with Crippen LogP contribution in [0.25, 0.3) is 0 Å². The van der Waals surface area contributed by atoms with E-state index in [4.69, 9.17) is 28.7 Å². The summed E-state index contributed by atoms with van der Waals surface area (Å²) in [4.78, 5) is 35.6. The Hall–Kier alpha value is -2.05. The third kappa shape index (κ3) is 6.45. The summed E-state index contributed by atoms with van der Waals surface area (Å²) in [6.07, 6.45) is -0.00112. The van der Waals surface area contributed by atoms with Crippen molar-refractivity contribution in [2.75, 3.05) is 34.3 Å². The van der Waals surface area contributed by atoms with Gasteiger partial charge in [-0.15, -0.1) is 0 Å². The summed E-state index contributed by atoms with van der Waals surface area (Å²) in [7, 11) is 5.55. The molecule has 0 saturated carbocycles. The third-order valence-corrected chi connectivity index (χ3v) is 10.5. The molecule has 4 rings (SSSR count). The van der Waals surface area contributed by atoms with Crippen molar-refractivity contribution in [2.24, 2.45) is 22.7 Å². The monoisotopic (exact) mass is 621 g/mol. The number of aliphatic imine (C=N–C) groups is 1. The molecule has 2 bridgehead atoms. The van der Waals surface area contributed by atoms with Crippen molar-refractivity contribution in [3.63, 3.8) is 0 Å². The van der Waals surface area contributed by atoms with Crippen LogP contribution in [0.3, 0.4) is 0 Å². The maximum Gasteiger partial charge on any atom is 0.410 e. The molecule has 44 heavy (non-hydrogen) atoms. The molecule has 0 aromatic carbocycles. The zero-order chi connectivity index (χ0) is 32.7. The minimum Gasteiger partial charge on any atom is -0.455 e. The van der Waals surface area contributed by atoms with Crippen molar-refractivity contribution in [3.8, 4) is 0 Å². The number of hydrogen-bond acceptors (Lipinski definition) is 10. The van der Waals surface area contributed by atoms with Gasteiger partial charge in [0.15, 0.2) is 11.9 Å². The normalized spacial score (nSPS) is 45.1. The molecule has 1 amide bonds. The molecule has 4 heterocycles. The van der Waals surface area contributed by atoms with Gasteiger partial charge in [0.2, 0.25) is 0 Å². The third-order valence-electron chi connectivity index (χ3n) is 10.5. The minimum absolute atomic E-state index is 0.0468. The van der Waals surface area contributed by atoms with Gasteiger partial charge in [-0.05, 0) is 67.0 Å². The fourth-order valence-electron chi connectivity index (χ4n) is 8.21. The lowest BCUT2D eigenvalue weighted by Crippen LogP contribution is -2.59. The van der Waals surface area contributed by atoms with Crippen LogP contribution in [0.1, 0.15) is 74.7 Å². The highest BCUT2D eigenvalue weighted by Crippen LogP contribution is 2.43. The van der Waals surface area contributed by atoms with E-state index < -0.39 is 47.9 Å². The highest BCUT2D eigenvalue weighted by atomic mass is 16.7. The fraction of sp³-hybridized carbons (Fsp3) is 0.848. The molecule has 0 aliphatic carbocycles. The summed E-state index contributed by atoms with van der Waals surface area (Å²) in [6.45, 7) is 16.6. The molecular formula is C33H55N3O8. The molecule has 1 N–H and O–H groups in total. The Bertz CT molecular complexity index is 1130. The number of carbonyl (C=O) groups excluding carboxylic acids is 2. The largest absolute Gasteiger partial charge is 0.455 e. The number of aliphatic hydroxyl groups excluding tert-OH is 1. The smallest absolute Gasteiger partial charge is 0.410 e. The number of aliphatic hydroxyl groups is 1. The van der Waals surface area contributed by atoms with Gasteiger partial charge >= 0.3 is 12.1 Å². The number of esters is 1. The Morgan fingerprint density at radius 1 is 1.18 bits per heavy atom. The second kappa shape index (κ2) is 13.4. The molecule has 0 spiro atoms. The summed E-state index contributed by atoms with van der Waals surface area (Å²) in [5.74, 6) is -1.02.